The molecule has 0 radical (unpaired) electrons. The number of halogens is 2. The van der Waals surface area contributed by atoms with Gasteiger partial charge in [-0.15, -0.1) is 0 Å². The number of nitrogens with one attached hydrogen (secondary N) is 1. The Balaban J connectivity index is 2.26. The molecule has 1 aromatic carbocycles. The lowest BCUT2D eigenvalue weighted by Gasteiger charge is -2.19. The van der Waals surface area contributed by atoms with Gasteiger partial charge in [-0.05, 0) is 24.5 Å². The maximum Gasteiger partial charge on any atom is 0.344 e. The molecule has 2 aromatic rings. The summed E-state index contributed by atoms with van der Waals surface area (Å²) in [6.45, 7) is 5.17. The number of nitrogens with zero attached hydrogens (tertiary/aromatic N) is 2. The molecule has 0 saturated heterocycles. The van der Waals surface area contributed by atoms with Crippen molar-refractivity contribution in [2.75, 3.05) is 0 Å². The van der Waals surface area contributed by atoms with Gasteiger partial charge in [-0.1, -0.05) is 55.2 Å². The van der Waals surface area contributed by atoms with Crippen LogP contribution in [0.25, 0.3) is 0 Å². The predicted octanol–water partition coefficient (Wildman–Crippen LogP) is 2.92. The van der Waals surface area contributed by atoms with E-state index < -0.39 is 29.9 Å². The number of esters is 1. The van der Waals surface area contributed by atoms with Crippen LogP contribution in [0.1, 0.15) is 35.5 Å². The largest absolute Gasteiger partial charge is 0.448 e. The second-order valence-electron chi connectivity index (χ2n) is 6.42. The van der Waals surface area contributed by atoms with Crippen molar-refractivity contribution in [2.45, 2.75) is 33.4 Å². The molecule has 28 heavy (non-hydrogen) atoms. The van der Waals surface area contributed by atoms with Gasteiger partial charge in [0.25, 0.3) is 5.91 Å². The van der Waals surface area contributed by atoms with Crippen LogP contribution in [0.5, 0.6) is 0 Å². The molecule has 3 amide bonds. The number of aromatic nitrogens is 2. The maximum absolute atomic E-state index is 12.6. The monoisotopic (exact) mass is 426 g/mol. The first-order chi connectivity index (χ1) is 13.1. The molecule has 3 N–H and O–H groups in total. The van der Waals surface area contributed by atoms with Gasteiger partial charge >= 0.3 is 12.0 Å². The lowest BCUT2D eigenvalue weighted by atomic mass is 10.1. The van der Waals surface area contributed by atoms with Crippen LogP contribution in [0.4, 0.5) is 4.79 Å². The summed E-state index contributed by atoms with van der Waals surface area (Å²) in [5, 5.41) is 6.77. The van der Waals surface area contributed by atoms with E-state index in [0.717, 1.165) is 5.56 Å². The van der Waals surface area contributed by atoms with Gasteiger partial charge in [-0.25, -0.2) is 14.3 Å². The number of benzene rings is 1. The number of carbonyl (C=O) groups is 3. The van der Waals surface area contributed by atoms with Crippen LogP contribution in [0.3, 0.4) is 0 Å². The number of imide groups is 1. The SMILES string of the molecule is Cc1nn(Cc2ccccc2Cl)c(Cl)c1C(=O)O[C@@H](C(=O)NC(N)=O)C(C)C. The van der Waals surface area contributed by atoms with E-state index in [1.54, 1.807) is 32.9 Å². The number of nitrogens with two attached hydrogens (primary N) is 1. The van der Waals surface area contributed by atoms with Crippen LogP contribution in [0.15, 0.2) is 24.3 Å². The van der Waals surface area contributed by atoms with E-state index in [-0.39, 0.29) is 17.3 Å². The molecule has 8 nitrogen and oxygen atoms in total. The number of hydrogen-bond donors (Lipinski definition) is 2. The molecule has 1 heterocycles. The molecule has 0 aliphatic heterocycles. The third kappa shape index (κ3) is 5.02. The molecule has 150 valence electrons. The molecular weight excluding hydrogens is 407 g/mol. The topological polar surface area (TPSA) is 116 Å². The Morgan fingerprint density at radius 3 is 2.46 bits per heavy atom. The van der Waals surface area contributed by atoms with Gasteiger partial charge < -0.3 is 10.5 Å². The van der Waals surface area contributed by atoms with Gasteiger partial charge in [0.2, 0.25) is 0 Å². The van der Waals surface area contributed by atoms with E-state index in [2.05, 4.69) is 5.10 Å². The number of ether oxygens (including phenoxy) is 1. The minimum Gasteiger partial charge on any atom is -0.448 e. The van der Waals surface area contributed by atoms with Crippen LogP contribution < -0.4 is 11.1 Å². The van der Waals surface area contributed by atoms with E-state index >= 15 is 0 Å². The number of carbonyl (C=O) groups excluding carboxylic acids is 3. The van der Waals surface area contributed by atoms with Gasteiger partial charge in [-0.3, -0.25) is 10.1 Å². The normalized spacial score (nSPS) is 11.9. The summed E-state index contributed by atoms with van der Waals surface area (Å²) in [7, 11) is 0. The first kappa shape index (κ1) is 21.7. The Morgan fingerprint density at radius 2 is 1.89 bits per heavy atom. The van der Waals surface area contributed by atoms with E-state index in [0.29, 0.717) is 10.7 Å². The van der Waals surface area contributed by atoms with Crippen molar-refractivity contribution < 1.29 is 19.1 Å². The maximum atomic E-state index is 12.6. The lowest BCUT2D eigenvalue weighted by Crippen LogP contribution is -2.45. The summed E-state index contributed by atoms with van der Waals surface area (Å²) in [5.41, 5.74) is 6.09. The molecule has 0 bridgehead atoms. The van der Waals surface area contributed by atoms with Gasteiger partial charge in [0, 0.05) is 5.02 Å². The quantitative estimate of drug-likeness (QED) is 0.688. The molecular formula is C18H20Cl2N4O4. The summed E-state index contributed by atoms with van der Waals surface area (Å²) in [5.74, 6) is -2.04. The average molecular weight is 427 g/mol. The molecule has 1 aromatic heterocycles. The van der Waals surface area contributed by atoms with Crippen LogP contribution >= 0.6 is 23.2 Å². The lowest BCUT2D eigenvalue weighted by molar-refractivity contribution is -0.130. The summed E-state index contributed by atoms with van der Waals surface area (Å²) in [6, 6.07) is 6.14. The Morgan fingerprint density at radius 1 is 1.25 bits per heavy atom. The van der Waals surface area contributed by atoms with Gasteiger partial charge in [0.1, 0.15) is 10.7 Å². The smallest absolute Gasteiger partial charge is 0.344 e. The van der Waals surface area contributed by atoms with Crippen molar-refractivity contribution in [3.05, 3.63) is 51.3 Å². The summed E-state index contributed by atoms with van der Waals surface area (Å²) in [4.78, 5) is 35.6. The van der Waals surface area contributed by atoms with E-state index in [1.807, 2.05) is 17.4 Å². The first-order valence-corrected chi connectivity index (χ1v) is 9.15. The van der Waals surface area contributed by atoms with Crippen molar-refractivity contribution in [1.29, 1.82) is 0 Å². The standard InChI is InChI=1S/C18H20Cl2N4O4/c1-9(2)14(16(25)22-18(21)27)28-17(26)13-10(3)23-24(15(13)20)8-11-6-4-5-7-12(11)19/h4-7,9,14H,8H2,1-3H3,(H3,21,22,25,27)/t14-/m1/s1. The highest BCUT2D eigenvalue weighted by Crippen LogP contribution is 2.25. The van der Waals surface area contributed by atoms with Crippen LogP contribution in [0.2, 0.25) is 10.2 Å². The number of primary amides is 1. The first-order valence-electron chi connectivity index (χ1n) is 8.39. The molecule has 1 atom stereocenters. The van der Waals surface area contributed by atoms with Gasteiger partial charge in [-0.2, -0.15) is 5.10 Å². The molecule has 10 heteroatoms. The molecule has 0 aliphatic carbocycles. The third-order valence-corrected chi connectivity index (χ3v) is 4.64. The van der Waals surface area contributed by atoms with E-state index in [4.69, 9.17) is 33.7 Å². The minimum atomic E-state index is -1.22. The van der Waals surface area contributed by atoms with Gasteiger partial charge in [0.05, 0.1) is 12.2 Å². The zero-order valence-corrected chi connectivity index (χ0v) is 17.0. The minimum absolute atomic E-state index is 0.0336. The predicted molar refractivity (Wildman–Crippen MR) is 104 cm³/mol. The van der Waals surface area contributed by atoms with Crippen molar-refractivity contribution in [3.8, 4) is 0 Å². The number of hydrogen-bond acceptors (Lipinski definition) is 5. The number of rotatable bonds is 6. The van der Waals surface area contributed by atoms with E-state index in [1.165, 1.54) is 4.68 Å². The highest BCUT2D eigenvalue weighted by molar-refractivity contribution is 6.33. The van der Waals surface area contributed by atoms with Crippen LogP contribution in [0, 0.1) is 12.8 Å². The van der Waals surface area contributed by atoms with Crippen LogP contribution in [-0.2, 0) is 16.1 Å². The number of urea groups is 1. The Kier molecular flexibility index (Phi) is 7.04. The molecule has 0 fully saturated rings. The van der Waals surface area contributed by atoms with Crippen molar-refractivity contribution in [3.63, 3.8) is 0 Å². The van der Waals surface area contributed by atoms with Crippen molar-refractivity contribution >= 4 is 41.1 Å². The second-order valence-corrected chi connectivity index (χ2v) is 7.19. The fourth-order valence-electron chi connectivity index (χ4n) is 2.54. The second kappa shape index (κ2) is 9.07. The van der Waals surface area contributed by atoms with Crippen molar-refractivity contribution in [2.24, 2.45) is 11.7 Å². The Bertz CT molecular complexity index is 911. The Hall–Kier alpha value is -2.58. The molecule has 2 rings (SSSR count). The fraction of sp³-hybridized carbons (Fsp3) is 0.333. The summed E-state index contributed by atoms with van der Waals surface area (Å²) >= 11 is 12.5. The number of amides is 3. The summed E-state index contributed by atoms with van der Waals surface area (Å²) in [6.07, 6.45) is -1.22. The Labute approximate surface area is 171 Å². The third-order valence-electron chi connectivity index (χ3n) is 3.89. The number of aryl methyl sites for hydroxylation is 1. The average Bonchev–Trinajstić information content (AvgIpc) is 2.87. The molecule has 0 aliphatic rings. The highest BCUT2D eigenvalue weighted by atomic mass is 35.5. The summed E-state index contributed by atoms with van der Waals surface area (Å²) < 4.78 is 6.71. The van der Waals surface area contributed by atoms with E-state index in [9.17, 15) is 14.4 Å². The molecule has 0 unspecified atom stereocenters. The molecule has 0 spiro atoms. The molecule has 0 saturated carbocycles. The van der Waals surface area contributed by atoms with Crippen molar-refractivity contribution in [1.82, 2.24) is 15.1 Å². The zero-order chi connectivity index (χ0) is 21.0. The van der Waals surface area contributed by atoms with Gasteiger partial charge in [0.15, 0.2) is 6.10 Å². The highest BCUT2D eigenvalue weighted by Gasteiger charge is 2.31. The zero-order valence-electron chi connectivity index (χ0n) is 15.5. The fourth-order valence-corrected chi connectivity index (χ4v) is 3.04. The van der Waals surface area contributed by atoms with Crippen LogP contribution in [-0.4, -0.2) is 33.8 Å².